The lowest BCUT2D eigenvalue weighted by molar-refractivity contribution is -0.136. The minimum atomic E-state index is -0.894. The molecule has 2 unspecified atom stereocenters. The summed E-state index contributed by atoms with van der Waals surface area (Å²) in [6, 6.07) is -0.0113. The molecule has 19 heavy (non-hydrogen) atoms. The third-order valence-electron chi connectivity index (χ3n) is 3.92. The molecule has 1 rings (SSSR count). The summed E-state index contributed by atoms with van der Waals surface area (Å²) in [5.41, 5.74) is 0. The maximum absolute atomic E-state index is 11.6. The Hall–Kier alpha value is -1.26. The first kappa shape index (κ1) is 15.8. The Balaban J connectivity index is 2.25. The van der Waals surface area contributed by atoms with Gasteiger partial charge in [-0.25, -0.2) is 4.79 Å². The number of urea groups is 1. The molecule has 1 aliphatic rings. The van der Waals surface area contributed by atoms with Gasteiger partial charge in [0.1, 0.15) is 0 Å². The van der Waals surface area contributed by atoms with Gasteiger partial charge in [-0.3, -0.25) is 4.79 Å². The standard InChI is InChI=1S/C14H26N2O3/c1-10(2)11-4-3-5-12(7-6-11)16-14(19)15-9-8-13(17)18/h10-12H,3-9H2,1-2H3,(H,17,18)(H2,15,16,19). The summed E-state index contributed by atoms with van der Waals surface area (Å²) in [5.74, 6) is 0.583. The lowest BCUT2D eigenvalue weighted by Gasteiger charge is -2.19. The van der Waals surface area contributed by atoms with Crippen LogP contribution in [-0.4, -0.2) is 29.7 Å². The molecular weight excluding hydrogens is 244 g/mol. The second-order valence-corrected chi connectivity index (χ2v) is 5.75. The van der Waals surface area contributed by atoms with E-state index in [4.69, 9.17) is 5.11 Å². The molecule has 1 fully saturated rings. The fraction of sp³-hybridized carbons (Fsp3) is 0.857. The first-order valence-electron chi connectivity index (χ1n) is 7.25. The number of hydrogen-bond donors (Lipinski definition) is 3. The van der Waals surface area contributed by atoms with Gasteiger partial charge >= 0.3 is 12.0 Å². The molecular formula is C14H26N2O3. The van der Waals surface area contributed by atoms with Gasteiger partial charge < -0.3 is 15.7 Å². The second kappa shape index (κ2) is 8.02. The molecule has 2 atom stereocenters. The molecule has 0 aliphatic heterocycles. The monoisotopic (exact) mass is 270 g/mol. The largest absolute Gasteiger partial charge is 0.481 e. The second-order valence-electron chi connectivity index (χ2n) is 5.75. The average Bonchev–Trinajstić information content (AvgIpc) is 2.54. The number of carboxylic acid groups (broad SMARTS) is 1. The molecule has 0 saturated heterocycles. The van der Waals surface area contributed by atoms with E-state index in [2.05, 4.69) is 24.5 Å². The van der Waals surface area contributed by atoms with Crippen molar-refractivity contribution in [3.8, 4) is 0 Å². The van der Waals surface area contributed by atoms with E-state index in [1.54, 1.807) is 0 Å². The third-order valence-corrected chi connectivity index (χ3v) is 3.92. The summed E-state index contributed by atoms with van der Waals surface area (Å²) in [5, 5.41) is 14.0. The zero-order valence-corrected chi connectivity index (χ0v) is 11.9. The van der Waals surface area contributed by atoms with Crippen LogP contribution in [0.1, 0.15) is 52.4 Å². The van der Waals surface area contributed by atoms with E-state index < -0.39 is 5.97 Å². The molecule has 0 bridgehead atoms. The van der Waals surface area contributed by atoms with Crippen LogP contribution < -0.4 is 10.6 Å². The predicted molar refractivity (Wildman–Crippen MR) is 74.0 cm³/mol. The highest BCUT2D eigenvalue weighted by Gasteiger charge is 2.21. The first-order valence-corrected chi connectivity index (χ1v) is 7.25. The maximum atomic E-state index is 11.6. The van der Waals surface area contributed by atoms with E-state index in [9.17, 15) is 9.59 Å². The number of hydrogen-bond acceptors (Lipinski definition) is 2. The Bertz CT molecular complexity index is 305. The zero-order valence-electron chi connectivity index (χ0n) is 11.9. The van der Waals surface area contributed by atoms with Gasteiger partial charge in [-0.2, -0.15) is 0 Å². The zero-order chi connectivity index (χ0) is 14.3. The smallest absolute Gasteiger partial charge is 0.315 e. The highest BCUT2D eigenvalue weighted by molar-refractivity contribution is 5.75. The van der Waals surface area contributed by atoms with Crippen molar-refractivity contribution in [1.82, 2.24) is 10.6 Å². The van der Waals surface area contributed by atoms with Crippen LogP contribution in [0.5, 0.6) is 0 Å². The third kappa shape index (κ3) is 6.45. The van der Waals surface area contributed by atoms with Crippen molar-refractivity contribution in [3.63, 3.8) is 0 Å². The number of carbonyl (C=O) groups excluding carboxylic acids is 1. The van der Waals surface area contributed by atoms with Gasteiger partial charge in [0.05, 0.1) is 6.42 Å². The van der Waals surface area contributed by atoms with Crippen LogP contribution in [0.25, 0.3) is 0 Å². The Morgan fingerprint density at radius 1 is 1.21 bits per heavy atom. The van der Waals surface area contributed by atoms with E-state index in [-0.39, 0.29) is 25.0 Å². The molecule has 0 aromatic heterocycles. The summed E-state index contributed by atoms with van der Waals surface area (Å²) in [4.78, 5) is 21.9. The van der Waals surface area contributed by atoms with Crippen molar-refractivity contribution < 1.29 is 14.7 Å². The van der Waals surface area contributed by atoms with E-state index in [0.717, 1.165) is 31.6 Å². The van der Waals surface area contributed by atoms with Crippen molar-refractivity contribution in [2.45, 2.75) is 58.4 Å². The van der Waals surface area contributed by atoms with Crippen molar-refractivity contribution in [3.05, 3.63) is 0 Å². The lowest BCUT2D eigenvalue weighted by Crippen LogP contribution is -2.42. The van der Waals surface area contributed by atoms with Gasteiger partial charge in [0.25, 0.3) is 0 Å². The minimum absolute atomic E-state index is 0.0342. The normalized spacial score (nSPS) is 23.7. The Kier molecular flexibility index (Phi) is 6.67. The molecule has 0 heterocycles. The number of carbonyl (C=O) groups is 2. The van der Waals surface area contributed by atoms with Gasteiger partial charge in [-0.05, 0) is 31.1 Å². The highest BCUT2D eigenvalue weighted by atomic mass is 16.4. The average molecular weight is 270 g/mol. The molecule has 5 heteroatoms. The molecule has 0 spiro atoms. The quantitative estimate of drug-likeness (QED) is 0.671. The fourth-order valence-electron chi connectivity index (χ4n) is 2.66. The number of rotatable bonds is 5. The van der Waals surface area contributed by atoms with Crippen molar-refractivity contribution in [2.24, 2.45) is 11.8 Å². The van der Waals surface area contributed by atoms with Gasteiger partial charge in [-0.1, -0.05) is 26.7 Å². The molecule has 2 amide bonds. The van der Waals surface area contributed by atoms with E-state index in [0.29, 0.717) is 5.92 Å². The van der Waals surface area contributed by atoms with E-state index in [1.165, 1.54) is 6.42 Å². The van der Waals surface area contributed by atoms with Crippen LogP contribution in [0.4, 0.5) is 4.79 Å². The topological polar surface area (TPSA) is 78.4 Å². The van der Waals surface area contributed by atoms with Crippen molar-refractivity contribution in [1.29, 1.82) is 0 Å². The van der Waals surface area contributed by atoms with Crippen molar-refractivity contribution in [2.75, 3.05) is 6.54 Å². The number of nitrogens with one attached hydrogen (secondary N) is 2. The highest BCUT2D eigenvalue weighted by Crippen LogP contribution is 2.28. The van der Waals surface area contributed by atoms with Crippen LogP contribution in [-0.2, 0) is 4.79 Å². The number of carboxylic acids is 1. The molecule has 1 aliphatic carbocycles. The van der Waals surface area contributed by atoms with Crippen LogP contribution >= 0.6 is 0 Å². The molecule has 5 nitrogen and oxygen atoms in total. The Labute approximate surface area is 115 Å². The first-order chi connectivity index (χ1) is 8.99. The SMILES string of the molecule is CC(C)C1CCCC(NC(=O)NCCC(=O)O)CC1. The summed E-state index contributed by atoms with van der Waals surface area (Å²) < 4.78 is 0. The van der Waals surface area contributed by atoms with Gasteiger partial charge in [0.15, 0.2) is 0 Å². The summed E-state index contributed by atoms with van der Waals surface area (Å²) in [6.07, 6.45) is 5.58. The van der Waals surface area contributed by atoms with Crippen LogP contribution in [0, 0.1) is 11.8 Å². The van der Waals surface area contributed by atoms with Crippen LogP contribution in [0.2, 0.25) is 0 Å². The summed E-state index contributed by atoms with van der Waals surface area (Å²) in [6.45, 7) is 4.70. The van der Waals surface area contributed by atoms with Crippen LogP contribution in [0.3, 0.4) is 0 Å². The Morgan fingerprint density at radius 3 is 2.58 bits per heavy atom. The lowest BCUT2D eigenvalue weighted by atomic mass is 9.89. The molecule has 0 aromatic carbocycles. The van der Waals surface area contributed by atoms with Gasteiger partial charge in [0, 0.05) is 12.6 Å². The summed E-state index contributed by atoms with van der Waals surface area (Å²) >= 11 is 0. The summed E-state index contributed by atoms with van der Waals surface area (Å²) in [7, 11) is 0. The number of aliphatic carboxylic acids is 1. The molecule has 0 radical (unpaired) electrons. The molecule has 0 aromatic rings. The van der Waals surface area contributed by atoms with Crippen LogP contribution in [0.15, 0.2) is 0 Å². The van der Waals surface area contributed by atoms with Crippen molar-refractivity contribution >= 4 is 12.0 Å². The van der Waals surface area contributed by atoms with E-state index in [1.807, 2.05) is 0 Å². The van der Waals surface area contributed by atoms with Gasteiger partial charge in [0.2, 0.25) is 0 Å². The van der Waals surface area contributed by atoms with E-state index >= 15 is 0 Å². The fourth-order valence-corrected chi connectivity index (χ4v) is 2.66. The Morgan fingerprint density at radius 2 is 1.95 bits per heavy atom. The maximum Gasteiger partial charge on any atom is 0.315 e. The molecule has 110 valence electrons. The minimum Gasteiger partial charge on any atom is -0.481 e. The number of amides is 2. The predicted octanol–water partition coefficient (Wildman–Crippen LogP) is 2.37. The molecule has 1 saturated carbocycles. The van der Waals surface area contributed by atoms with Gasteiger partial charge in [-0.15, -0.1) is 0 Å². The molecule has 3 N–H and O–H groups in total.